The molecule has 0 unspecified atom stereocenters. The molecule has 0 spiro atoms. The Kier molecular flexibility index (Phi) is 6.18. The maximum absolute atomic E-state index is 6.01. The lowest BCUT2D eigenvalue weighted by molar-refractivity contribution is 0.133. The van der Waals surface area contributed by atoms with Crippen LogP contribution in [0.2, 0.25) is 0 Å². The molecule has 0 atom stereocenters. The molecule has 0 fully saturated rings. The van der Waals surface area contributed by atoms with Crippen molar-refractivity contribution in [2.24, 2.45) is 10.7 Å². The Hall–Kier alpha value is -2.33. The number of nitrogens with one attached hydrogen (secondary N) is 1. The van der Waals surface area contributed by atoms with Crippen molar-refractivity contribution >= 4 is 11.6 Å². The summed E-state index contributed by atoms with van der Waals surface area (Å²) in [6.07, 6.45) is 0. The van der Waals surface area contributed by atoms with Gasteiger partial charge in [-0.3, -0.25) is 0 Å². The van der Waals surface area contributed by atoms with E-state index in [1.165, 1.54) is 11.1 Å². The summed E-state index contributed by atoms with van der Waals surface area (Å²) in [6.45, 7) is 7.96. The van der Waals surface area contributed by atoms with E-state index in [0.717, 1.165) is 16.8 Å². The van der Waals surface area contributed by atoms with Crippen LogP contribution >= 0.6 is 0 Å². The minimum atomic E-state index is 0.418. The van der Waals surface area contributed by atoms with Gasteiger partial charge in [-0.25, -0.2) is 4.99 Å². The Bertz CT molecular complexity index is 660. The van der Waals surface area contributed by atoms with E-state index in [-0.39, 0.29) is 0 Å². The van der Waals surface area contributed by atoms with Crippen molar-refractivity contribution in [2.75, 3.05) is 11.9 Å². The molecular weight excluding hydrogens is 286 g/mol. The van der Waals surface area contributed by atoms with Crippen molar-refractivity contribution in [3.8, 4) is 0 Å². The highest BCUT2D eigenvalue weighted by Crippen LogP contribution is 2.14. The topological polar surface area (TPSA) is 59.6 Å². The van der Waals surface area contributed by atoms with Crippen molar-refractivity contribution in [3.05, 3.63) is 64.7 Å². The molecule has 2 rings (SSSR count). The number of ether oxygens (including phenoxy) is 1. The van der Waals surface area contributed by atoms with Gasteiger partial charge in [0.15, 0.2) is 5.96 Å². The van der Waals surface area contributed by atoms with Gasteiger partial charge in [0, 0.05) is 12.3 Å². The third kappa shape index (κ3) is 5.42. The summed E-state index contributed by atoms with van der Waals surface area (Å²) in [6, 6.07) is 14.4. The summed E-state index contributed by atoms with van der Waals surface area (Å²) in [5.74, 6) is 0.418. The average Bonchev–Trinajstić information content (AvgIpc) is 2.50. The lowest BCUT2D eigenvalue weighted by atomic mass is 10.1. The van der Waals surface area contributed by atoms with E-state index in [2.05, 4.69) is 54.5 Å². The van der Waals surface area contributed by atoms with E-state index >= 15 is 0 Å². The molecule has 122 valence electrons. The third-order valence-electron chi connectivity index (χ3n) is 3.49. The van der Waals surface area contributed by atoms with Gasteiger partial charge in [0.05, 0.1) is 13.2 Å². The fourth-order valence-electron chi connectivity index (χ4n) is 2.47. The Labute approximate surface area is 138 Å². The number of guanidine groups is 1. The smallest absolute Gasteiger partial charge is 0.193 e. The van der Waals surface area contributed by atoms with E-state index in [0.29, 0.717) is 25.7 Å². The first-order valence-electron chi connectivity index (χ1n) is 7.88. The van der Waals surface area contributed by atoms with Gasteiger partial charge < -0.3 is 15.8 Å². The minimum Gasteiger partial charge on any atom is -0.377 e. The molecule has 2 aromatic carbocycles. The lowest BCUT2D eigenvalue weighted by Gasteiger charge is -2.10. The maximum atomic E-state index is 6.01. The van der Waals surface area contributed by atoms with Gasteiger partial charge in [0.25, 0.3) is 0 Å². The normalized spacial score (nSPS) is 11.5. The standard InChI is InChI=1S/C19H25N3O/c1-4-23-13-17-8-6-5-7-16(17)12-21-19(20)22-18-10-14(2)9-15(3)11-18/h5-11H,4,12-13H2,1-3H3,(H3,20,21,22). The zero-order chi connectivity index (χ0) is 16.7. The van der Waals surface area contributed by atoms with Gasteiger partial charge in [-0.05, 0) is 55.2 Å². The predicted molar refractivity (Wildman–Crippen MR) is 96.6 cm³/mol. The van der Waals surface area contributed by atoms with Crippen LogP contribution in [0.25, 0.3) is 0 Å². The Morgan fingerprint density at radius 1 is 1.09 bits per heavy atom. The molecule has 4 heteroatoms. The second-order valence-electron chi connectivity index (χ2n) is 5.61. The summed E-state index contributed by atoms with van der Waals surface area (Å²) >= 11 is 0. The zero-order valence-corrected chi connectivity index (χ0v) is 14.1. The van der Waals surface area contributed by atoms with E-state index in [9.17, 15) is 0 Å². The number of hydrogen-bond donors (Lipinski definition) is 2. The van der Waals surface area contributed by atoms with Crippen molar-refractivity contribution in [2.45, 2.75) is 33.9 Å². The summed E-state index contributed by atoms with van der Waals surface area (Å²) in [4.78, 5) is 4.45. The monoisotopic (exact) mass is 311 g/mol. The molecule has 0 bridgehead atoms. The first-order valence-corrected chi connectivity index (χ1v) is 7.88. The molecule has 2 aromatic rings. The number of anilines is 1. The average molecular weight is 311 g/mol. The molecule has 0 amide bonds. The van der Waals surface area contributed by atoms with Gasteiger partial charge in [-0.1, -0.05) is 30.3 Å². The van der Waals surface area contributed by atoms with Gasteiger partial charge in [0.2, 0.25) is 0 Å². The quantitative estimate of drug-likeness (QED) is 0.630. The van der Waals surface area contributed by atoms with E-state index in [1.807, 2.05) is 19.1 Å². The molecule has 23 heavy (non-hydrogen) atoms. The Balaban J connectivity index is 2.04. The molecule has 0 radical (unpaired) electrons. The molecular formula is C19H25N3O. The molecule has 0 aliphatic carbocycles. The van der Waals surface area contributed by atoms with E-state index in [1.54, 1.807) is 0 Å². The number of aliphatic imine (C=N–C) groups is 1. The molecule has 0 aliphatic rings. The van der Waals surface area contributed by atoms with Crippen molar-refractivity contribution < 1.29 is 4.74 Å². The van der Waals surface area contributed by atoms with Crippen LogP contribution in [-0.2, 0) is 17.9 Å². The number of benzene rings is 2. The van der Waals surface area contributed by atoms with Crippen molar-refractivity contribution in [3.63, 3.8) is 0 Å². The van der Waals surface area contributed by atoms with Gasteiger partial charge in [0.1, 0.15) is 0 Å². The summed E-state index contributed by atoms with van der Waals surface area (Å²) < 4.78 is 5.49. The van der Waals surface area contributed by atoms with Crippen LogP contribution in [0.4, 0.5) is 5.69 Å². The molecule has 0 saturated heterocycles. The lowest BCUT2D eigenvalue weighted by Crippen LogP contribution is -2.22. The molecule has 0 heterocycles. The highest BCUT2D eigenvalue weighted by Gasteiger charge is 2.02. The van der Waals surface area contributed by atoms with E-state index < -0.39 is 0 Å². The summed E-state index contributed by atoms with van der Waals surface area (Å²) in [5, 5.41) is 3.15. The molecule has 4 nitrogen and oxygen atoms in total. The van der Waals surface area contributed by atoms with Crippen molar-refractivity contribution in [1.82, 2.24) is 0 Å². The second kappa shape index (κ2) is 8.34. The first kappa shape index (κ1) is 17.0. The van der Waals surface area contributed by atoms with Crippen LogP contribution < -0.4 is 11.1 Å². The van der Waals surface area contributed by atoms with Crippen LogP contribution in [0.3, 0.4) is 0 Å². The van der Waals surface area contributed by atoms with Crippen LogP contribution in [0.15, 0.2) is 47.5 Å². The van der Waals surface area contributed by atoms with Crippen LogP contribution in [-0.4, -0.2) is 12.6 Å². The van der Waals surface area contributed by atoms with Gasteiger partial charge in [-0.2, -0.15) is 0 Å². The predicted octanol–water partition coefficient (Wildman–Crippen LogP) is 3.77. The Morgan fingerprint density at radius 2 is 1.74 bits per heavy atom. The Morgan fingerprint density at radius 3 is 2.39 bits per heavy atom. The summed E-state index contributed by atoms with van der Waals surface area (Å²) in [7, 11) is 0. The SMILES string of the molecule is CCOCc1ccccc1CN=C(N)Nc1cc(C)cc(C)c1. The van der Waals surface area contributed by atoms with Crippen LogP contribution in [0.1, 0.15) is 29.2 Å². The fourth-order valence-corrected chi connectivity index (χ4v) is 2.47. The van der Waals surface area contributed by atoms with Crippen molar-refractivity contribution in [1.29, 1.82) is 0 Å². The number of nitrogens with two attached hydrogens (primary N) is 1. The number of nitrogens with zero attached hydrogens (tertiary/aromatic N) is 1. The highest BCUT2D eigenvalue weighted by molar-refractivity contribution is 5.92. The van der Waals surface area contributed by atoms with E-state index in [4.69, 9.17) is 10.5 Å². The number of hydrogen-bond acceptors (Lipinski definition) is 2. The van der Waals surface area contributed by atoms with Crippen LogP contribution in [0.5, 0.6) is 0 Å². The molecule has 0 aliphatic heterocycles. The highest BCUT2D eigenvalue weighted by atomic mass is 16.5. The summed E-state index contributed by atoms with van der Waals surface area (Å²) in [5.41, 5.74) is 11.6. The molecule has 3 N–H and O–H groups in total. The largest absolute Gasteiger partial charge is 0.377 e. The molecule has 0 saturated carbocycles. The molecule has 0 aromatic heterocycles. The van der Waals surface area contributed by atoms with Gasteiger partial charge >= 0.3 is 0 Å². The fraction of sp³-hybridized carbons (Fsp3) is 0.316. The number of aryl methyl sites for hydroxylation is 2. The second-order valence-corrected chi connectivity index (χ2v) is 5.61. The third-order valence-corrected chi connectivity index (χ3v) is 3.49. The first-order chi connectivity index (χ1) is 11.1. The maximum Gasteiger partial charge on any atom is 0.193 e. The van der Waals surface area contributed by atoms with Crippen LogP contribution in [0, 0.1) is 13.8 Å². The zero-order valence-electron chi connectivity index (χ0n) is 14.1. The minimum absolute atomic E-state index is 0.418. The number of rotatable bonds is 6. The van der Waals surface area contributed by atoms with Gasteiger partial charge in [-0.15, -0.1) is 0 Å².